The van der Waals surface area contributed by atoms with Gasteiger partial charge in [-0.15, -0.1) is 0 Å². The second kappa shape index (κ2) is 9.43. The number of rotatable bonds is 6. The van der Waals surface area contributed by atoms with Crippen molar-refractivity contribution in [2.24, 2.45) is 0 Å². The Kier molecular flexibility index (Phi) is 6.50. The van der Waals surface area contributed by atoms with Crippen molar-refractivity contribution < 1.29 is 18.9 Å². The van der Waals surface area contributed by atoms with Crippen molar-refractivity contribution in [2.45, 2.75) is 6.54 Å². The highest BCUT2D eigenvalue weighted by atomic mass is 32.1. The minimum Gasteiger partial charge on any atom is -0.467 e. The van der Waals surface area contributed by atoms with Crippen LogP contribution in [-0.2, 0) is 6.54 Å². The molecule has 3 N–H and O–H groups in total. The van der Waals surface area contributed by atoms with E-state index >= 15 is 0 Å². The van der Waals surface area contributed by atoms with Crippen LogP contribution in [0.4, 0.5) is 11.4 Å². The number of anilines is 1. The molecule has 0 saturated heterocycles. The van der Waals surface area contributed by atoms with Crippen LogP contribution in [0.5, 0.6) is 0 Å². The Morgan fingerprint density at radius 1 is 0.967 bits per heavy atom. The molecule has 0 aliphatic carbocycles. The Bertz CT molecular complexity index is 1100. The predicted molar refractivity (Wildman–Crippen MR) is 113 cm³/mol. The van der Waals surface area contributed by atoms with Crippen LogP contribution in [0.1, 0.15) is 26.5 Å². The quantitative estimate of drug-likeness (QED) is 0.315. The fourth-order valence-corrected chi connectivity index (χ4v) is 2.82. The number of nitrogens with one attached hydrogen (secondary N) is 3. The number of carbonyl (C=O) groups is 2. The van der Waals surface area contributed by atoms with Gasteiger partial charge in [0.1, 0.15) is 11.3 Å². The molecule has 0 saturated carbocycles. The van der Waals surface area contributed by atoms with Crippen molar-refractivity contribution in [3.05, 3.63) is 93.9 Å². The maximum Gasteiger partial charge on any atom is 0.282 e. The molecule has 0 aliphatic rings. The number of para-hydroxylation sites is 2. The monoisotopic (exact) mass is 424 g/mol. The highest BCUT2D eigenvalue weighted by molar-refractivity contribution is 7.80. The summed E-state index contributed by atoms with van der Waals surface area (Å²) in [5, 5.41) is 18.9. The van der Waals surface area contributed by atoms with Gasteiger partial charge in [-0.2, -0.15) is 0 Å². The van der Waals surface area contributed by atoms with Gasteiger partial charge in [0.15, 0.2) is 5.11 Å². The van der Waals surface area contributed by atoms with Crippen LogP contribution < -0.4 is 16.0 Å². The molecule has 0 aliphatic heterocycles. The van der Waals surface area contributed by atoms with Crippen molar-refractivity contribution in [3.8, 4) is 0 Å². The number of nitro groups is 1. The Hall–Kier alpha value is -4.05. The van der Waals surface area contributed by atoms with Crippen LogP contribution >= 0.6 is 12.2 Å². The van der Waals surface area contributed by atoms with Crippen molar-refractivity contribution in [1.29, 1.82) is 0 Å². The molecule has 9 nitrogen and oxygen atoms in total. The zero-order valence-corrected chi connectivity index (χ0v) is 16.3. The fourth-order valence-electron chi connectivity index (χ4n) is 2.61. The number of nitrogens with zero attached hydrogens (tertiary/aromatic N) is 1. The number of hydrogen-bond acceptors (Lipinski definition) is 6. The molecule has 2 aromatic carbocycles. The topological polar surface area (TPSA) is 127 Å². The van der Waals surface area contributed by atoms with E-state index in [1.54, 1.807) is 36.4 Å². The van der Waals surface area contributed by atoms with Crippen LogP contribution in [0.25, 0.3) is 0 Å². The maximum absolute atomic E-state index is 12.5. The van der Waals surface area contributed by atoms with Crippen molar-refractivity contribution in [1.82, 2.24) is 10.6 Å². The van der Waals surface area contributed by atoms with Gasteiger partial charge in [0.2, 0.25) is 0 Å². The lowest BCUT2D eigenvalue weighted by molar-refractivity contribution is -0.385. The van der Waals surface area contributed by atoms with E-state index in [0.29, 0.717) is 17.0 Å². The summed E-state index contributed by atoms with van der Waals surface area (Å²) in [6, 6.07) is 15.6. The lowest BCUT2D eigenvalue weighted by atomic mass is 10.1. The number of thiocarbonyl (C=S) groups is 1. The minimum atomic E-state index is -0.737. The number of hydrogen-bond donors (Lipinski definition) is 3. The summed E-state index contributed by atoms with van der Waals surface area (Å²) >= 11 is 5.14. The maximum atomic E-state index is 12.5. The van der Waals surface area contributed by atoms with Crippen LogP contribution in [-0.4, -0.2) is 21.9 Å². The molecule has 1 heterocycles. The average molecular weight is 424 g/mol. The molecule has 3 aromatic rings. The Labute approximate surface area is 176 Å². The smallest absolute Gasteiger partial charge is 0.282 e. The van der Waals surface area contributed by atoms with E-state index in [0.717, 1.165) is 0 Å². The molecule has 0 spiro atoms. The SMILES string of the molecule is O=C(NCc1ccco1)c1ccccc1NC(=S)NC(=O)c1ccccc1[N+](=O)[O-]. The zero-order valence-electron chi connectivity index (χ0n) is 15.5. The van der Waals surface area contributed by atoms with Gasteiger partial charge in [0.25, 0.3) is 17.5 Å². The average Bonchev–Trinajstić information content (AvgIpc) is 3.26. The molecule has 152 valence electrons. The van der Waals surface area contributed by atoms with Gasteiger partial charge in [-0.1, -0.05) is 24.3 Å². The zero-order chi connectivity index (χ0) is 21.5. The number of benzene rings is 2. The van der Waals surface area contributed by atoms with Gasteiger partial charge >= 0.3 is 0 Å². The summed E-state index contributed by atoms with van der Waals surface area (Å²) in [5.41, 5.74) is 0.195. The van der Waals surface area contributed by atoms with E-state index < -0.39 is 10.8 Å². The summed E-state index contributed by atoms with van der Waals surface area (Å²) in [6.07, 6.45) is 1.51. The molecule has 0 unspecified atom stereocenters. The van der Waals surface area contributed by atoms with Crippen LogP contribution in [0.3, 0.4) is 0 Å². The molecule has 0 bridgehead atoms. The van der Waals surface area contributed by atoms with Crippen LogP contribution in [0.15, 0.2) is 71.3 Å². The molecule has 0 fully saturated rings. The molecule has 0 radical (unpaired) electrons. The summed E-state index contributed by atoms with van der Waals surface area (Å²) in [5.74, 6) is -0.511. The normalized spacial score (nSPS) is 10.1. The molecule has 2 amide bonds. The molecule has 10 heteroatoms. The Balaban J connectivity index is 1.68. The first-order valence-corrected chi connectivity index (χ1v) is 9.12. The summed E-state index contributed by atoms with van der Waals surface area (Å²) < 4.78 is 5.18. The Morgan fingerprint density at radius 2 is 1.67 bits per heavy atom. The van der Waals surface area contributed by atoms with E-state index in [4.69, 9.17) is 16.6 Å². The van der Waals surface area contributed by atoms with Gasteiger partial charge in [0.05, 0.1) is 29.0 Å². The predicted octanol–water partition coefficient (Wildman–Crippen LogP) is 3.24. The highest BCUT2D eigenvalue weighted by Crippen LogP contribution is 2.18. The highest BCUT2D eigenvalue weighted by Gasteiger charge is 2.20. The summed E-state index contributed by atoms with van der Waals surface area (Å²) in [6.45, 7) is 0.207. The van der Waals surface area contributed by atoms with E-state index in [1.807, 2.05) is 0 Å². The van der Waals surface area contributed by atoms with Gasteiger partial charge < -0.3 is 15.1 Å². The van der Waals surface area contributed by atoms with Crippen molar-refractivity contribution in [3.63, 3.8) is 0 Å². The van der Waals surface area contributed by atoms with Crippen molar-refractivity contribution >= 4 is 40.5 Å². The molecular formula is C20H16N4O5S. The van der Waals surface area contributed by atoms with Crippen molar-refractivity contribution in [2.75, 3.05) is 5.32 Å². The molecule has 30 heavy (non-hydrogen) atoms. The molecule has 1 aromatic heterocycles. The van der Waals surface area contributed by atoms with E-state index in [2.05, 4.69) is 16.0 Å². The summed E-state index contributed by atoms with van der Waals surface area (Å²) in [7, 11) is 0. The number of carbonyl (C=O) groups excluding carboxylic acids is 2. The number of furan rings is 1. The third kappa shape index (κ3) is 5.06. The van der Waals surface area contributed by atoms with Crippen LogP contribution in [0, 0.1) is 10.1 Å². The van der Waals surface area contributed by atoms with Gasteiger partial charge in [0, 0.05) is 6.07 Å². The molecular weight excluding hydrogens is 408 g/mol. The van der Waals surface area contributed by atoms with Crippen LogP contribution in [0.2, 0.25) is 0 Å². The number of amides is 2. The van der Waals surface area contributed by atoms with Gasteiger partial charge in [-0.3, -0.25) is 25.0 Å². The lowest BCUT2D eigenvalue weighted by Gasteiger charge is -2.13. The van der Waals surface area contributed by atoms with E-state index in [1.165, 1.54) is 30.5 Å². The Morgan fingerprint density at radius 3 is 2.37 bits per heavy atom. The first-order chi connectivity index (χ1) is 14.5. The fraction of sp³-hybridized carbons (Fsp3) is 0.0500. The third-order valence-electron chi connectivity index (χ3n) is 4.00. The molecule has 0 atom stereocenters. The standard InChI is InChI=1S/C20H16N4O5S/c25-18(21-12-13-6-5-11-29-13)14-7-1-3-9-16(14)22-20(30)23-19(26)15-8-2-4-10-17(15)24(27)28/h1-11H,12H2,(H,21,25)(H2,22,23,26,30). The summed E-state index contributed by atoms with van der Waals surface area (Å²) in [4.78, 5) is 35.3. The third-order valence-corrected chi connectivity index (χ3v) is 4.20. The lowest BCUT2D eigenvalue weighted by Crippen LogP contribution is -2.35. The second-order valence-electron chi connectivity index (χ2n) is 5.99. The second-order valence-corrected chi connectivity index (χ2v) is 6.40. The largest absolute Gasteiger partial charge is 0.467 e. The van der Waals surface area contributed by atoms with Gasteiger partial charge in [-0.25, -0.2) is 0 Å². The first kappa shape index (κ1) is 20.7. The van der Waals surface area contributed by atoms with E-state index in [-0.39, 0.29) is 28.8 Å². The van der Waals surface area contributed by atoms with E-state index in [9.17, 15) is 19.7 Å². The van der Waals surface area contributed by atoms with Gasteiger partial charge in [-0.05, 0) is 42.5 Å². The minimum absolute atomic E-state index is 0.107. The first-order valence-electron chi connectivity index (χ1n) is 8.71. The molecule has 3 rings (SSSR count). The number of nitro benzene ring substituents is 1.